The van der Waals surface area contributed by atoms with Crippen molar-refractivity contribution in [1.29, 1.82) is 0 Å². The summed E-state index contributed by atoms with van der Waals surface area (Å²) in [5.74, 6) is 0.294. The number of hydrogen-bond acceptors (Lipinski definition) is 5. The summed E-state index contributed by atoms with van der Waals surface area (Å²) in [7, 11) is 0. The summed E-state index contributed by atoms with van der Waals surface area (Å²) in [5, 5.41) is 5.52. The van der Waals surface area contributed by atoms with Gasteiger partial charge in [0, 0.05) is 24.3 Å². The van der Waals surface area contributed by atoms with Crippen LogP contribution in [0.4, 0.5) is 22.7 Å². The molecule has 0 aliphatic heterocycles. The molecule has 0 saturated carbocycles. The SMILES string of the molecule is Nc1cc(Oc2ccc(N)c(NC(=O)C=Cc3ccccc3)c2)ccc1NC(=O)C=Cc1ccccc1. The van der Waals surface area contributed by atoms with Gasteiger partial charge in [0.1, 0.15) is 11.5 Å². The van der Waals surface area contributed by atoms with E-state index in [-0.39, 0.29) is 11.8 Å². The lowest BCUT2D eigenvalue weighted by atomic mass is 10.2. The number of carbonyl (C=O) groups excluding carboxylic acids is 2. The van der Waals surface area contributed by atoms with Crippen molar-refractivity contribution in [2.24, 2.45) is 0 Å². The average molecular weight is 491 g/mol. The van der Waals surface area contributed by atoms with Gasteiger partial charge in [-0.2, -0.15) is 0 Å². The van der Waals surface area contributed by atoms with Gasteiger partial charge in [0.15, 0.2) is 0 Å². The highest BCUT2D eigenvalue weighted by atomic mass is 16.5. The summed E-state index contributed by atoms with van der Waals surface area (Å²) in [6.07, 6.45) is 6.31. The fraction of sp³-hybridized carbons (Fsp3) is 0. The third kappa shape index (κ3) is 7.34. The molecule has 4 aromatic rings. The van der Waals surface area contributed by atoms with Crippen LogP contribution in [0.25, 0.3) is 12.2 Å². The predicted octanol–water partition coefficient (Wildman–Crippen LogP) is 5.95. The van der Waals surface area contributed by atoms with Crippen molar-refractivity contribution in [2.75, 3.05) is 22.1 Å². The summed E-state index contributed by atoms with van der Waals surface area (Å²) >= 11 is 0. The second-order valence-electron chi connectivity index (χ2n) is 8.07. The third-order valence-electron chi connectivity index (χ3n) is 5.25. The highest BCUT2D eigenvalue weighted by Gasteiger charge is 2.08. The number of ether oxygens (including phenoxy) is 1. The van der Waals surface area contributed by atoms with Crippen LogP contribution in [-0.2, 0) is 9.59 Å². The van der Waals surface area contributed by atoms with Crippen LogP contribution in [0.3, 0.4) is 0 Å². The molecule has 6 N–H and O–H groups in total. The van der Waals surface area contributed by atoms with E-state index in [2.05, 4.69) is 10.6 Å². The first kappa shape index (κ1) is 24.8. The molecule has 37 heavy (non-hydrogen) atoms. The van der Waals surface area contributed by atoms with Gasteiger partial charge in [0.25, 0.3) is 0 Å². The summed E-state index contributed by atoms with van der Waals surface area (Å²) in [6.45, 7) is 0. The molecule has 4 aromatic carbocycles. The Kier molecular flexibility index (Phi) is 7.98. The molecular formula is C30H26N4O3. The van der Waals surface area contributed by atoms with E-state index in [0.717, 1.165) is 11.1 Å². The minimum atomic E-state index is -0.321. The van der Waals surface area contributed by atoms with Gasteiger partial charge in [0.05, 0.1) is 22.7 Å². The van der Waals surface area contributed by atoms with Crippen molar-refractivity contribution in [3.8, 4) is 11.5 Å². The fourth-order valence-electron chi connectivity index (χ4n) is 3.38. The van der Waals surface area contributed by atoms with Crippen LogP contribution in [0.15, 0.2) is 109 Å². The minimum absolute atomic E-state index is 0.301. The van der Waals surface area contributed by atoms with E-state index >= 15 is 0 Å². The van der Waals surface area contributed by atoms with Crippen LogP contribution >= 0.6 is 0 Å². The molecule has 184 valence electrons. The highest BCUT2D eigenvalue weighted by molar-refractivity contribution is 6.04. The number of nitrogens with one attached hydrogen (secondary N) is 2. The van der Waals surface area contributed by atoms with E-state index in [9.17, 15) is 9.59 Å². The third-order valence-corrected chi connectivity index (χ3v) is 5.25. The number of nitrogens with two attached hydrogens (primary N) is 2. The van der Waals surface area contributed by atoms with Crippen molar-refractivity contribution in [1.82, 2.24) is 0 Å². The monoisotopic (exact) mass is 490 g/mol. The van der Waals surface area contributed by atoms with E-state index in [1.165, 1.54) is 12.2 Å². The van der Waals surface area contributed by atoms with Gasteiger partial charge in [-0.3, -0.25) is 9.59 Å². The van der Waals surface area contributed by atoms with Crippen molar-refractivity contribution >= 4 is 46.7 Å². The van der Waals surface area contributed by atoms with E-state index in [1.54, 1.807) is 48.6 Å². The van der Waals surface area contributed by atoms with Gasteiger partial charge in [-0.25, -0.2) is 0 Å². The van der Waals surface area contributed by atoms with Crippen LogP contribution in [0, 0.1) is 0 Å². The van der Waals surface area contributed by atoms with Gasteiger partial charge in [-0.15, -0.1) is 0 Å². The van der Waals surface area contributed by atoms with E-state index in [4.69, 9.17) is 16.2 Å². The van der Waals surface area contributed by atoms with Crippen LogP contribution in [0.5, 0.6) is 11.5 Å². The molecule has 0 fully saturated rings. The standard InChI is InChI=1S/C30H26N4O3/c31-25-15-13-24(20-28(25)34-30(36)18-12-22-9-5-2-6-10-22)37-23-14-16-27(26(32)19-23)33-29(35)17-11-21-7-3-1-4-8-21/h1-20H,31-32H2,(H,33,35)(H,34,36). The van der Waals surface area contributed by atoms with Crippen molar-refractivity contribution in [3.63, 3.8) is 0 Å². The number of nitrogen functional groups attached to an aromatic ring is 2. The maximum absolute atomic E-state index is 12.4. The minimum Gasteiger partial charge on any atom is -0.457 e. The number of hydrogen-bond donors (Lipinski definition) is 4. The largest absolute Gasteiger partial charge is 0.457 e. The zero-order valence-corrected chi connectivity index (χ0v) is 19.9. The zero-order chi connectivity index (χ0) is 26.0. The molecule has 0 spiro atoms. The zero-order valence-electron chi connectivity index (χ0n) is 19.9. The van der Waals surface area contributed by atoms with Crippen molar-refractivity contribution in [3.05, 3.63) is 120 Å². The van der Waals surface area contributed by atoms with Crippen molar-refractivity contribution in [2.45, 2.75) is 0 Å². The molecule has 2 amide bonds. The normalized spacial score (nSPS) is 10.9. The maximum Gasteiger partial charge on any atom is 0.248 e. The number of carbonyl (C=O) groups is 2. The molecule has 0 aliphatic rings. The first-order chi connectivity index (χ1) is 18.0. The number of anilines is 4. The smallest absolute Gasteiger partial charge is 0.248 e. The lowest BCUT2D eigenvalue weighted by molar-refractivity contribution is -0.112. The van der Waals surface area contributed by atoms with Crippen LogP contribution in [-0.4, -0.2) is 11.8 Å². The number of amides is 2. The molecule has 7 heteroatoms. The predicted molar refractivity (Wildman–Crippen MR) is 150 cm³/mol. The Balaban J connectivity index is 1.38. The Bertz CT molecular complexity index is 1450. The lowest BCUT2D eigenvalue weighted by Crippen LogP contribution is -2.10. The highest BCUT2D eigenvalue weighted by Crippen LogP contribution is 2.31. The van der Waals surface area contributed by atoms with E-state index in [0.29, 0.717) is 34.2 Å². The summed E-state index contributed by atoms with van der Waals surface area (Å²) < 4.78 is 5.90. The first-order valence-electron chi connectivity index (χ1n) is 11.5. The van der Waals surface area contributed by atoms with E-state index in [1.807, 2.05) is 60.7 Å². The molecule has 0 atom stereocenters. The van der Waals surface area contributed by atoms with Gasteiger partial charge in [0.2, 0.25) is 11.8 Å². The molecule has 0 radical (unpaired) electrons. The topological polar surface area (TPSA) is 119 Å². The van der Waals surface area contributed by atoms with Gasteiger partial charge in [-0.1, -0.05) is 60.7 Å². The summed E-state index contributed by atoms with van der Waals surface area (Å²) in [5.41, 5.74) is 15.6. The Morgan fingerprint density at radius 3 is 1.68 bits per heavy atom. The van der Waals surface area contributed by atoms with E-state index < -0.39 is 0 Å². The molecular weight excluding hydrogens is 464 g/mol. The molecule has 0 aliphatic carbocycles. The second kappa shape index (κ2) is 11.9. The summed E-state index contributed by atoms with van der Waals surface area (Å²) in [4.78, 5) is 24.6. The number of rotatable bonds is 8. The van der Waals surface area contributed by atoms with Crippen LogP contribution < -0.4 is 26.8 Å². The first-order valence-corrected chi connectivity index (χ1v) is 11.5. The number of benzene rings is 4. The molecule has 0 aromatic heterocycles. The summed E-state index contributed by atoms with van der Waals surface area (Å²) in [6, 6.07) is 28.9. The van der Waals surface area contributed by atoms with Gasteiger partial charge < -0.3 is 26.8 Å². The van der Waals surface area contributed by atoms with Crippen molar-refractivity contribution < 1.29 is 14.3 Å². The molecule has 0 saturated heterocycles. The Morgan fingerprint density at radius 2 is 1.11 bits per heavy atom. The molecule has 7 nitrogen and oxygen atoms in total. The van der Waals surface area contributed by atoms with Gasteiger partial charge in [-0.05, 0) is 47.5 Å². The van der Waals surface area contributed by atoms with Gasteiger partial charge >= 0.3 is 0 Å². The fourth-order valence-corrected chi connectivity index (χ4v) is 3.38. The Labute approximate surface area is 215 Å². The molecule has 4 rings (SSSR count). The average Bonchev–Trinajstić information content (AvgIpc) is 2.91. The molecule has 0 bridgehead atoms. The van der Waals surface area contributed by atoms with Crippen LogP contribution in [0.2, 0.25) is 0 Å². The molecule has 0 heterocycles. The van der Waals surface area contributed by atoms with Crippen LogP contribution in [0.1, 0.15) is 11.1 Å². The Morgan fingerprint density at radius 1 is 0.595 bits per heavy atom. The quantitative estimate of drug-likeness (QED) is 0.180. The lowest BCUT2D eigenvalue weighted by Gasteiger charge is -2.12. The molecule has 0 unspecified atom stereocenters. The maximum atomic E-state index is 12.4. The second-order valence-corrected chi connectivity index (χ2v) is 8.07. The Hall–Kier alpha value is -5.30.